The van der Waals surface area contributed by atoms with E-state index < -0.39 is 0 Å². The van der Waals surface area contributed by atoms with E-state index in [-0.39, 0.29) is 17.9 Å². The largest absolute Gasteiger partial charge is 0.345 e. The van der Waals surface area contributed by atoms with Crippen molar-refractivity contribution in [3.05, 3.63) is 46.2 Å². The van der Waals surface area contributed by atoms with Crippen LogP contribution in [0.15, 0.2) is 29.3 Å². The van der Waals surface area contributed by atoms with Crippen LogP contribution >= 0.6 is 23.4 Å². The molecule has 1 aliphatic rings. The van der Waals surface area contributed by atoms with Gasteiger partial charge in [-0.1, -0.05) is 25.4 Å². The van der Waals surface area contributed by atoms with E-state index >= 15 is 0 Å². The lowest BCUT2D eigenvalue weighted by molar-refractivity contribution is 0.0933. The molecule has 0 aliphatic carbocycles. The average Bonchev–Trinajstić information content (AvgIpc) is 3.00. The summed E-state index contributed by atoms with van der Waals surface area (Å²) in [7, 11) is 0. The summed E-state index contributed by atoms with van der Waals surface area (Å²) in [4.78, 5) is 14.1. The number of hydrogen-bond acceptors (Lipinski definition) is 3. The summed E-state index contributed by atoms with van der Waals surface area (Å²) >= 11 is 7.96. The highest BCUT2D eigenvalue weighted by atomic mass is 35.5. The summed E-state index contributed by atoms with van der Waals surface area (Å²) in [5.74, 6) is 1.15. The smallest absolute Gasteiger partial charge is 0.255 e. The van der Waals surface area contributed by atoms with Crippen LogP contribution in [0.4, 0.5) is 0 Å². The summed E-state index contributed by atoms with van der Waals surface area (Å²) in [5, 5.41) is 8.42. The van der Waals surface area contributed by atoms with E-state index in [2.05, 4.69) is 24.3 Å². The monoisotopic (exact) mass is 363 g/mol. The number of hydrogen-bond donors (Lipinski definition) is 1. The number of nitrogens with one attached hydrogen (secondary N) is 1. The molecule has 1 aromatic heterocycles. The van der Waals surface area contributed by atoms with Crippen LogP contribution in [0.2, 0.25) is 5.02 Å². The molecule has 0 bridgehead atoms. The van der Waals surface area contributed by atoms with Gasteiger partial charge in [0.05, 0.1) is 17.3 Å². The fourth-order valence-electron chi connectivity index (χ4n) is 2.95. The summed E-state index contributed by atoms with van der Waals surface area (Å²) in [6, 6.07) is 5.90. The molecule has 0 saturated heterocycles. The van der Waals surface area contributed by atoms with Gasteiger partial charge in [-0.3, -0.25) is 9.48 Å². The molecule has 24 heavy (non-hydrogen) atoms. The van der Waals surface area contributed by atoms with Crippen LogP contribution in [-0.4, -0.2) is 21.4 Å². The van der Waals surface area contributed by atoms with Gasteiger partial charge in [0.1, 0.15) is 0 Å². The molecule has 128 valence electrons. The number of amides is 1. The first-order chi connectivity index (χ1) is 11.5. The second-order valence-corrected chi connectivity index (χ2v) is 7.86. The number of fused-ring (bicyclic) bond motifs is 1. The van der Waals surface area contributed by atoms with E-state index in [4.69, 9.17) is 11.6 Å². The topological polar surface area (TPSA) is 46.9 Å². The lowest BCUT2D eigenvalue weighted by Gasteiger charge is -2.26. The van der Waals surface area contributed by atoms with Crippen molar-refractivity contribution in [2.75, 3.05) is 5.75 Å². The van der Waals surface area contributed by atoms with Gasteiger partial charge in [0.15, 0.2) is 0 Å². The first-order valence-electron chi connectivity index (χ1n) is 8.30. The molecule has 1 aromatic carbocycles. The number of halogens is 1. The molecule has 2 aromatic rings. The lowest BCUT2D eigenvalue weighted by atomic mass is 10.0. The van der Waals surface area contributed by atoms with Crippen molar-refractivity contribution in [1.29, 1.82) is 0 Å². The molecule has 0 fully saturated rings. The van der Waals surface area contributed by atoms with Crippen LogP contribution in [0.5, 0.6) is 0 Å². The number of carbonyl (C=O) groups is 1. The summed E-state index contributed by atoms with van der Waals surface area (Å²) in [6.07, 6.45) is 2.75. The Morgan fingerprint density at radius 1 is 1.50 bits per heavy atom. The van der Waals surface area contributed by atoms with Gasteiger partial charge in [-0.15, -0.1) is 11.8 Å². The second kappa shape index (κ2) is 7.19. The van der Waals surface area contributed by atoms with E-state index in [0.717, 1.165) is 30.0 Å². The first-order valence-corrected chi connectivity index (χ1v) is 9.66. The highest BCUT2D eigenvalue weighted by Gasteiger charge is 2.25. The second-order valence-electron chi connectivity index (χ2n) is 6.28. The molecule has 3 rings (SSSR count). The van der Waals surface area contributed by atoms with Crippen LogP contribution in [0, 0.1) is 0 Å². The molecule has 0 radical (unpaired) electrons. The molecular weight excluding hydrogens is 342 g/mol. The third kappa shape index (κ3) is 3.47. The number of aromatic nitrogens is 2. The Labute approximate surface area is 152 Å². The minimum atomic E-state index is -0.0544. The molecule has 2 heterocycles. The number of benzene rings is 1. The predicted molar refractivity (Wildman–Crippen MR) is 99.0 cm³/mol. The van der Waals surface area contributed by atoms with Gasteiger partial charge in [-0.25, -0.2) is 0 Å². The molecule has 1 amide bonds. The summed E-state index contributed by atoms with van der Waals surface area (Å²) < 4.78 is 1.83. The van der Waals surface area contributed by atoms with Crippen molar-refractivity contribution >= 4 is 29.3 Å². The van der Waals surface area contributed by atoms with Gasteiger partial charge in [0.2, 0.25) is 0 Å². The normalized spacial score (nSPS) is 17.0. The van der Waals surface area contributed by atoms with Gasteiger partial charge >= 0.3 is 0 Å². The zero-order valence-corrected chi connectivity index (χ0v) is 15.7. The number of rotatable bonds is 4. The van der Waals surface area contributed by atoms with Crippen LogP contribution in [0.1, 0.15) is 60.8 Å². The van der Waals surface area contributed by atoms with Gasteiger partial charge in [0, 0.05) is 28.4 Å². The lowest BCUT2D eigenvalue weighted by Crippen LogP contribution is -2.31. The van der Waals surface area contributed by atoms with E-state index in [1.807, 2.05) is 47.8 Å². The maximum Gasteiger partial charge on any atom is 0.255 e. The maximum atomic E-state index is 12.9. The van der Waals surface area contributed by atoms with Crippen LogP contribution in [0.3, 0.4) is 0 Å². The van der Waals surface area contributed by atoms with Gasteiger partial charge in [-0.2, -0.15) is 5.10 Å². The van der Waals surface area contributed by atoms with Crippen LogP contribution in [0.25, 0.3) is 0 Å². The van der Waals surface area contributed by atoms with E-state index in [1.165, 1.54) is 4.90 Å². The fourth-order valence-corrected chi connectivity index (χ4v) is 4.24. The Bertz CT molecular complexity index is 757. The number of carbonyl (C=O) groups excluding carboxylic acids is 1. The van der Waals surface area contributed by atoms with Crippen molar-refractivity contribution in [2.24, 2.45) is 0 Å². The highest BCUT2D eigenvalue weighted by molar-refractivity contribution is 7.99. The van der Waals surface area contributed by atoms with Gasteiger partial charge in [-0.05, 0) is 43.0 Å². The average molecular weight is 364 g/mol. The van der Waals surface area contributed by atoms with Crippen molar-refractivity contribution in [2.45, 2.75) is 50.6 Å². The van der Waals surface area contributed by atoms with Crippen LogP contribution < -0.4 is 5.32 Å². The van der Waals surface area contributed by atoms with Crippen molar-refractivity contribution in [3.63, 3.8) is 0 Å². The number of nitrogens with zero attached hydrogens (tertiary/aromatic N) is 2. The van der Waals surface area contributed by atoms with Gasteiger partial charge < -0.3 is 5.32 Å². The van der Waals surface area contributed by atoms with Gasteiger partial charge in [0.25, 0.3) is 5.91 Å². The zero-order chi connectivity index (χ0) is 17.3. The standard InChI is InChI=1S/C18H22ClN3OS/c1-4-22-10-14(17(21-22)11(2)3)18(23)20-15-7-8-24-16-6-5-12(19)9-13(15)16/h5-6,9-11,15H,4,7-8H2,1-3H3,(H,20,23). The van der Waals surface area contributed by atoms with E-state index in [1.54, 1.807) is 0 Å². The number of thioether (sulfide) groups is 1. The number of aryl methyl sites for hydroxylation is 1. The quantitative estimate of drug-likeness (QED) is 0.860. The predicted octanol–water partition coefficient (Wildman–Crippen LogP) is 4.65. The van der Waals surface area contributed by atoms with Crippen LogP contribution in [-0.2, 0) is 6.54 Å². The third-order valence-corrected chi connectivity index (χ3v) is 5.58. The van der Waals surface area contributed by atoms with E-state index in [9.17, 15) is 4.79 Å². The minimum Gasteiger partial charge on any atom is -0.345 e. The first kappa shape index (κ1) is 17.4. The Morgan fingerprint density at radius 3 is 3.00 bits per heavy atom. The summed E-state index contributed by atoms with van der Waals surface area (Å²) in [6.45, 7) is 6.90. The van der Waals surface area contributed by atoms with Crippen molar-refractivity contribution in [1.82, 2.24) is 15.1 Å². The van der Waals surface area contributed by atoms with Crippen molar-refractivity contribution < 1.29 is 4.79 Å². The van der Waals surface area contributed by atoms with Crippen molar-refractivity contribution in [3.8, 4) is 0 Å². The highest BCUT2D eigenvalue weighted by Crippen LogP contribution is 2.37. The third-order valence-electron chi connectivity index (χ3n) is 4.22. The Morgan fingerprint density at radius 2 is 2.29 bits per heavy atom. The molecule has 0 spiro atoms. The molecular formula is C18H22ClN3OS. The minimum absolute atomic E-state index is 0.00237. The molecule has 1 atom stereocenters. The molecule has 1 unspecified atom stereocenters. The molecule has 6 heteroatoms. The SMILES string of the molecule is CCn1cc(C(=O)NC2CCSc3ccc(Cl)cc32)c(C(C)C)n1. The molecule has 1 aliphatic heterocycles. The fraction of sp³-hybridized carbons (Fsp3) is 0.444. The summed E-state index contributed by atoms with van der Waals surface area (Å²) in [5.41, 5.74) is 2.64. The van der Waals surface area contributed by atoms with E-state index in [0.29, 0.717) is 10.6 Å². The Hall–Kier alpha value is -1.46. The zero-order valence-electron chi connectivity index (χ0n) is 14.2. The molecule has 1 N–H and O–H groups in total. The maximum absolute atomic E-state index is 12.9. The Kier molecular flexibility index (Phi) is 5.21. The molecule has 4 nitrogen and oxygen atoms in total. The Balaban J connectivity index is 1.86. The molecule has 0 saturated carbocycles.